The van der Waals surface area contributed by atoms with Gasteiger partial charge in [0.15, 0.2) is 0 Å². The smallest absolute Gasteiger partial charge is 0.274 e. The predicted molar refractivity (Wildman–Crippen MR) is 75.2 cm³/mol. The van der Waals surface area contributed by atoms with Crippen LogP contribution in [0.4, 0.5) is 5.69 Å². The standard InChI is InChI=1S/C13H11BrN2O3/c14-10-5-11(16(17)18)7-13(6-10)19-12-3-1-9(8-15)2-4-12/h1-7H,8,15H2. The zero-order chi connectivity index (χ0) is 13.8. The van der Waals surface area contributed by atoms with E-state index in [2.05, 4.69) is 15.9 Å². The largest absolute Gasteiger partial charge is 0.457 e. The summed E-state index contributed by atoms with van der Waals surface area (Å²) in [4.78, 5) is 10.3. The highest BCUT2D eigenvalue weighted by atomic mass is 79.9. The van der Waals surface area contributed by atoms with Gasteiger partial charge >= 0.3 is 0 Å². The lowest BCUT2D eigenvalue weighted by Crippen LogP contribution is -1.95. The van der Waals surface area contributed by atoms with Gasteiger partial charge in [0.2, 0.25) is 0 Å². The van der Waals surface area contributed by atoms with E-state index in [0.717, 1.165) is 5.56 Å². The molecule has 2 aromatic rings. The Morgan fingerprint density at radius 2 is 1.84 bits per heavy atom. The molecule has 0 aliphatic carbocycles. The molecular weight excluding hydrogens is 312 g/mol. The zero-order valence-corrected chi connectivity index (χ0v) is 11.5. The Morgan fingerprint density at radius 1 is 1.16 bits per heavy atom. The van der Waals surface area contributed by atoms with Crippen molar-refractivity contribution in [3.8, 4) is 11.5 Å². The van der Waals surface area contributed by atoms with Crippen LogP contribution < -0.4 is 10.5 Å². The lowest BCUT2D eigenvalue weighted by atomic mass is 10.2. The molecule has 0 aliphatic rings. The first-order valence-corrected chi connectivity index (χ1v) is 6.29. The molecule has 2 aromatic carbocycles. The van der Waals surface area contributed by atoms with E-state index in [1.165, 1.54) is 12.1 Å². The van der Waals surface area contributed by atoms with Crippen molar-refractivity contribution in [3.63, 3.8) is 0 Å². The minimum atomic E-state index is -0.463. The van der Waals surface area contributed by atoms with Crippen LogP contribution in [0.3, 0.4) is 0 Å². The van der Waals surface area contributed by atoms with E-state index >= 15 is 0 Å². The molecule has 0 aromatic heterocycles. The molecule has 0 bridgehead atoms. The second-order valence-corrected chi connectivity index (χ2v) is 4.77. The van der Waals surface area contributed by atoms with Gasteiger partial charge in [-0.15, -0.1) is 0 Å². The van der Waals surface area contributed by atoms with Crippen LogP contribution >= 0.6 is 15.9 Å². The van der Waals surface area contributed by atoms with E-state index in [4.69, 9.17) is 10.5 Å². The van der Waals surface area contributed by atoms with Crippen LogP contribution in [0.15, 0.2) is 46.9 Å². The van der Waals surface area contributed by atoms with Gasteiger partial charge in [0, 0.05) is 17.1 Å². The molecule has 19 heavy (non-hydrogen) atoms. The molecule has 0 unspecified atom stereocenters. The first kappa shape index (κ1) is 13.5. The molecule has 0 aliphatic heterocycles. The molecule has 0 heterocycles. The summed E-state index contributed by atoms with van der Waals surface area (Å²) in [6, 6.07) is 11.7. The molecule has 0 atom stereocenters. The molecule has 5 nitrogen and oxygen atoms in total. The number of halogens is 1. The highest BCUT2D eigenvalue weighted by molar-refractivity contribution is 9.10. The first-order chi connectivity index (χ1) is 9.08. The summed E-state index contributed by atoms with van der Waals surface area (Å²) in [5.41, 5.74) is 6.47. The third-order valence-corrected chi connectivity index (χ3v) is 2.92. The number of nitrogens with two attached hydrogens (primary N) is 1. The second-order valence-electron chi connectivity index (χ2n) is 3.85. The van der Waals surface area contributed by atoms with Crippen molar-refractivity contribution in [2.24, 2.45) is 5.73 Å². The van der Waals surface area contributed by atoms with Gasteiger partial charge in [0.25, 0.3) is 5.69 Å². The second kappa shape index (κ2) is 5.81. The van der Waals surface area contributed by atoms with Gasteiger partial charge in [-0.1, -0.05) is 28.1 Å². The van der Waals surface area contributed by atoms with Crippen LogP contribution in [-0.2, 0) is 6.54 Å². The minimum Gasteiger partial charge on any atom is -0.457 e. The summed E-state index contributed by atoms with van der Waals surface area (Å²) >= 11 is 3.22. The van der Waals surface area contributed by atoms with Crippen molar-refractivity contribution >= 4 is 21.6 Å². The van der Waals surface area contributed by atoms with E-state index in [9.17, 15) is 10.1 Å². The summed E-state index contributed by atoms with van der Waals surface area (Å²) in [5, 5.41) is 10.8. The Bertz CT molecular complexity index is 599. The van der Waals surface area contributed by atoms with Crippen LogP contribution in [0.5, 0.6) is 11.5 Å². The molecule has 2 N–H and O–H groups in total. The number of rotatable bonds is 4. The van der Waals surface area contributed by atoms with Crippen molar-refractivity contribution in [1.29, 1.82) is 0 Å². The lowest BCUT2D eigenvalue weighted by Gasteiger charge is -2.06. The number of non-ortho nitro benzene ring substituents is 1. The first-order valence-electron chi connectivity index (χ1n) is 5.50. The number of ether oxygens (including phenoxy) is 1. The lowest BCUT2D eigenvalue weighted by molar-refractivity contribution is -0.385. The Labute approximate surface area is 118 Å². The van der Waals surface area contributed by atoms with Crippen LogP contribution in [0, 0.1) is 10.1 Å². The van der Waals surface area contributed by atoms with Gasteiger partial charge in [-0.3, -0.25) is 10.1 Å². The highest BCUT2D eigenvalue weighted by Gasteiger charge is 2.10. The van der Waals surface area contributed by atoms with Crippen molar-refractivity contribution in [1.82, 2.24) is 0 Å². The molecule has 98 valence electrons. The van der Waals surface area contributed by atoms with Crippen molar-refractivity contribution in [2.45, 2.75) is 6.54 Å². The molecule has 0 spiro atoms. The Morgan fingerprint density at radius 3 is 2.42 bits per heavy atom. The Hall–Kier alpha value is -1.92. The maximum Gasteiger partial charge on any atom is 0.274 e. The number of nitro groups is 1. The summed E-state index contributed by atoms with van der Waals surface area (Å²) in [6.07, 6.45) is 0. The van der Waals surface area contributed by atoms with E-state index in [0.29, 0.717) is 22.5 Å². The van der Waals surface area contributed by atoms with E-state index < -0.39 is 4.92 Å². The molecule has 0 amide bonds. The normalized spacial score (nSPS) is 10.2. The average molecular weight is 323 g/mol. The number of nitrogens with zero attached hydrogens (tertiary/aromatic N) is 1. The fourth-order valence-electron chi connectivity index (χ4n) is 1.54. The fraction of sp³-hybridized carbons (Fsp3) is 0.0769. The number of hydrogen-bond donors (Lipinski definition) is 1. The van der Waals surface area contributed by atoms with Gasteiger partial charge in [-0.25, -0.2) is 0 Å². The van der Waals surface area contributed by atoms with E-state index in [-0.39, 0.29) is 5.69 Å². The maximum atomic E-state index is 10.8. The van der Waals surface area contributed by atoms with Crippen LogP contribution in [0.2, 0.25) is 0 Å². The number of hydrogen-bond acceptors (Lipinski definition) is 4. The molecular formula is C13H11BrN2O3. The summed E-state index contributed by atoms with van der Waals surface area (Å²) < 4.78 is 6.17. The van der Waals surface area contributed by atoms with Crippen LogP contribution in [0.1, 0.15) is 5.56 Å². The molecule has 0 saturated heterocycles. The van der Waals surface area contributed by atoms with E-state index in [1.54, 1.807) is 18.2 Å². The summed E-state index contributed by atoms with van der Waals surface area (Å²) in [5.74, 6) is 1.01. The molecule has 2 rings (SSSR count). The summed E-state index contributed by atoms with van der Waals surface area (Å²) in [7, 11) is 0. The average Bonchev–Trinajstić information content (AvgIpc) is 2.39. The van der Waals surface area contributed by atoms with Crippen molar-refractivity contribution in [2.75, 3.05) is 0 Å². The number of nitro benzene ring substituents is 1. The van der Waals surface area contributed by atoms with Crippen molar-refractivity contribution in [3.05, 3.63) is 62.6 Å². The molecule has 0 radical (unpaired) electrons. The Kier molecular flexibility index (Phi) is 4.13. The molecule has 0 saturated carbocycles. The van der Waals surface area contributed by atoms with Crippen molar-refractivity contribution < 1.29 is 9.66 Å². The highest BCUT2D eigenvalue weighted by Crippen LogP contribution is 2.29. The van der Waals surface area contributed by atoms with E-state index in [1.807, 2.05) is 12.1 Å². The van der Waals surface area contributed by atoms with Crippen LogP contribution in [-0.4, -0.2) is 4.92 Å². The van der Waals surface area contributed by atoms with Gasteiger partial charge in [0.05, 0.1) is 11.0 Å². The topological polar surface area (TPSA) is 78.4 Å². The maximum absolute atomic E-state index is 10.8. The Balaban J connectivity index is 2.24. The zero-order valence-electron chi connectivity index (χ0n) is 9.88. The van der Waals surface area contributed by atoms with Gasteiger partial charge in [0.1, 0.15) is 11.5 Å². The SMILES string of the molecule is NCc1ccc(Oc2cc(Br)cc([N+](=O)[O-])c2)cc1. The molecule has 0 fully saturated rings. The third-order valence-electron chi connectivity index (χ3n) is 2.46. The number of benzene rings is 2. The van der Waals surface area contributed by atoms with Crippen LogP contribution in [0.25, 0.3) is 0 Å². The quantitative estimate of drug-likeness (QED) is 0.689. The van der Waals surface area contributed by atoms with Gasteiger partial charge < -0.3 is 10.5 Å². The monoisotopic (exact) mass is 322 g/mol. The summed E-state index contributed by atoms with van der Waals surface area (Å²) in [6.45, 7) is 0.461. The minimum absolute atomic E-state index is 0.0250. The molecule has 6 heteroatoms. The van der Waals surface area contributed by atoms with Gasteiger partial charge in [-0.05, 0) is 23.8 Å². The fourth-order valence-corrected chi connectivity index (χ4v) is 2.00. The van der Waals surface area contributed by atoms with Gasteiger partial charge in [-0.2, -0.15) is 0 Å². The predicted octanol–water partition coefficient (Wildman–Crippen LogP) is 3.61. The third kappa shape index (κ3) is 3.52.